The first-order valence-electron chi connectivity index (χ1n) is 7.56. The van der Waals surface area contributed by atoms with Crippen molar-refractivity contribution in [3.8, 4) is 0 Å². The van der Waals surface area contributed by atoms with Crippen molar-refractivity contribution in [3.63, 3.8) is 0 Å². The fraction of sp³-hybridized carbons (Fsp3) is 0.562. The van der Waals surface area contributed by atoms with E-state index in [1.165, 1.54) is 7.05 Å². The molecule has 1 N–H and O–H groups in total. The van der Waals surface area contributed by atoms with Crippen molar-refractivity contribution in [1.82, 2.24) is 4.90 Å². The monoisotopic (exact) mass is 296 g/mol. The van der Waals surface area contributed by atoms with Gasteiger partial charge in [-0.05, 0) is 37.8 Å². The maximum absolute atomic E-state index is 13.8. The number of amides is 1. The third-order valence-electron chi connectivity index (χ3n) is 4.05. The zero-order valence-electron chi connectivity index (χ0n) is 12.6. The number of likely N-dealkylation sites (tertiary alicyclic amines) is 1. The highest BCUT2D eigenvalue weighted by atomic mass is 19.1. The third kappa shape index (κ3) is 3.34. The lowest BCUT2D eigenvalue weighted by atomic mass is 9.97. The van der Waals surface area contributed by atoms with Gasteiger partial charge in [-0.3, -0.25) is 4.79 Å². The molecule has 1 fully saturated rings. The van der Waals surface area contributed by atoms with Crippen molar-refractivity contribution in [3.05, 3.63) is 29.3 Å². The Morgan fingerprint density at radius 3 is 2.57 bits per heavy atom. The van der Waals surface area contributed by atoms with Crippen LogP contribution in [0.1, 0.15) is 49.4 Å². The molecule has 1 saturated heterocycles. The Kier molecular flexibility index (Phi) is 5.15. The summed E-state index contributed by atoms with van der Waals surface area (Å²) < 4.78 is 27.6. The van der Waals surface area contributed by atoms with E-state index in [9.17, 15) is 13.6 Å². The molecule has 1 atom stereocenters. The number of hydrogen-bond acceptors (Lipinski definition) is 2. The van der Waals surface area contributed by atoms with Crippen molar-refractivity contribution >= 4 is 11.6 Å². The Hall–Kier alpha value is -1.65. The summed E-state index contributed by atoms with van der Waals surface area (Å²) in [6.45, 7) is 2.75. The minimum atomic E-state index is -0.732. The van der Waals surface area contributed by atoms with Gasteiger partial charge in [0, 0.05) is 25.2 Å². The molecule has 0 bridgehead atoms. The van der Waals surface area contributed by atoms with Gasteiger partial charge in [0.05, 0.1) is 0 Å². The van der Waals surface area contributed by atoms with Crippen LogP contribution in [0, 0.1) is 11.6 Å². The lowest BCUT2D eigenvalue weighted by Gasteiger charge is -2.36. The first-order valence-corrected chi connectivity index (χ1v) is 7.56. The smallest absolute Gasteiger partial charge is 0.254 e. The second-order valence-corrected chi connectivity index (χ2v) is 5.50. The van der Waals surface area contributed by atoms with Gasteiger partial charge in [-0.15, -0.1) is 0 Å². The summed E-state index contributed by atoms with van der Waals surface area (Å²) >= 11 is 0. The van der Waals surface area contributed by atoms with Crippen molar-refractivity contribution in [2.45, 2.75) is 45.1 Å². The molecular weight excluding hydrogens is 274 g/mol. The molecule has 1 aliphatic heterocycles. The molecule has 116 valence electrons. The van der Waals surface area contributed by atoms with Crippen LogP contribution in [-0.4, -0.2) is 30.4 Å². The van der Waals surface area contributed by atoms with Gasteiger partial charge in [-0.25, -0.2) is 8.78 Å². The number of anilines is 1. The van der Waals surface area contributed by atoms with Crippen LogP contribution in [0.4, 0.5) is 14.5 Å². The molecule has 0 spiro atoms. The Balaban J connectivity index is 2.26. The van der Waals surface area contributed by atoms with E-state index in [4.69, 9.17) is 0 Å². The van der Waals surface area contributed by atoms with Gasteiger partial charge in [0.15, 0.2) is 0 Å². The average molecular weight is 296 g/mol. The van der Waals surface area contributed by atoms with Crippen LogP contribution in [0.2, 0.25) is 0 Å². The number of carbonyl (C=O) groups is 1. The van der Waals surface area contributed by atoms with Crippen LogP contribution in [0.15, 0.2) is 12.1 Å². The highest BCUT2D eigenvalue weighted by Gasteiger charge is 2.27. The number of nitrogens with zero attached hydrogens (tertiary/aromatic N) is 1. The predicted molar refractivity (Wildman–Crippen MR) is 79.5 cm³/mol. The summed E-state index contributed by atoms with van der Waals surface area (Å²) in [6.07, 6.45) is 4.96. The van der Waals surface area contributed by atoms with Crippen LogP contribution in [-0.2, 0) is 0 Å². The van der Waals surface area contributed by atoms with Crippen molar-refractivity contribution in [2.24, 2.45) is 0 Å². The second-order valence-electron chi connectivity index (χ2n) is 5.50. The highest BCUT2D eigenvalue weighted by Crippen LogP contribution is 2.25. The molecule has 2 rings (SSSR count). The quantitative estimate of drug-likeness (QED) is 0.916. The maximum atomic E-state index is 13.8. The van der Waals surface area contributed by atoms with E-state index in [1.54, 1.807) is 4.90 Å². The predicted octanol–water partition coefficient (Wildman–Crippen LogP) is 3.80. The number of piperidine rings is 1. The molecule has 1 unspecified atom stereocenters. The topological polar surface area (TPSA) is 32.3 Å². The fourth-order valence-corrected chi connectivity index (χ4v) is 3.00. The molecule has 21 heavy (non-hydrogen) atoms. The third-order valence-corrected chi connectivity index (χ3v) is 4.05. The summed E-state index contributed by atoms with van der Waals surface area (Å²) in [6, 6.07) is 2.43. The Labute approximate surface area is 124 Å². The molecule has 0 radical (unpaired) electrons. The largest absolute Gasteiger partial charge is 0.383 e. The SMILES string of the molecule is CCCC1CCCCN1C(=O)c1cc(F)c(NC)c(F)c1. The first-order chi connectivity index (χ1) is 10.1. The molecule has 3 nitrogen and oxygen atoms in total. The van der Waals surface area contributed by atoms with Crippen LogP contribution in [0.25, 0.3) is 0 Å². The van der Waals surface area contributed by atoms with Gasteiger partial charge >= 0.3 is 0 Å². The fourth-order valence-electron chi connectivity index (χ4n) is 3.00. The summed E-state index contributed by atoms with van der Waals surface area (Å²) in [5, 5.41) is 2.46. The number of rotatable bonds is 4. The van der Waals surface area contributed by atoms with Gasteiger partial charge < -0.3 is 10.2 Å². The van der Waals surface area contributed by atoms with E-state index >= 15 is 0 Å². The number of benzene rings is 1. The molecule has 0 saturated carbocycles. The first kappa shape index (κ1) is 15.7. The lowest BCUT2D eigenvalue weighted by molar-refractivity contribution is 0.0599. The van der Waals surface area contributed by atoms with Gasteiger partial charge in [0.25, 0.3) is 5.91 Å². The van der Waals surface area contributed by atoms with Gasteiger partial charge in [-0.2, -0.15) is 0 Å². The van der Waals surface area contributed by atoms with E-state index in [0.717, 1.165) is 44.2 Å². The standard InChI is InChI=1S/C16H22F2N2O/c1-3-6-12-7-4-5-8-20(12)16(21)11-9-13(17)15(19-2)14(18)10-11/h9-10,12,19H,3-8H2,1-2H3. The summed E-state index contributed by atoms with van der Waals surface area (Å²) in [4.78, 5) is 14.3. The number of nitrogens with one attached hydrogen (secondary N) is 1. The molecule has 0 aromatic heterocycles. The van der Waals surface area contributed by atoms with Gasteiger partial charge in [0.2, 0.25) is 0 Å². The zero-order valence-corrected chi connectivity index (χ0v) is 12.6. The Bertz CT molecular complexity index is 494. The van der Waals surface area contributed by atoms with Crippen molar-refractivity contribution < 1.29 is 13.6 Å². The maximum Gasteiger partial charge on any atom is 0.254 e. The summed E-state index contributed by atoms with van der Waals surface area (Å²) in [5.74, 6) is -1.73. The van der Waals surface area contributed by atoms with E-state index in [1.807, 2.05) is 0 Å². The van der Waals surface area contributed by atoms with Crippen LogP contribution in [0.5, 0.6) is 0 Å². The number of hydrogen-bond donors (Lipinski definition) is 1. The molecule has 1 heterocycles. The van der Waals surface area contributed by atoms with Crippen LogP contribution < -0.4 is 5.32 Å². The van der Waals surface area contributed by atoms with Crippen molar-refractivity contribution in [1.29, 1.82) is 0 Å². The molecular formula is C16H22F2N2O. The van der Waals surface area contributed by atoms with E-state index < -0.39 is 11.6 Å². The van der Waals surface area contributed by atoms with Gasteiger partial charge in [0.1, 0.15) is 17.3 Å². The van der Waals surface area contributed by atoms with E-state index in [0.29, 0.717) is 6.54 Å². The Morgan fingerprint density at radius 2 is 2.00 bits per heavy atom. The molecule has 5 heteroatoms. The minimum Gasteiger partial charge on any atom is -0.383 e. The molecule has 1 amide bonds. The minimum absolute atomic E-state index is 0.0898. The molecule has 0 aliphatic carbocycles. The van der Waals surface area contributed by atoms with Crippen molar-refractivity contribution in [2.75, 3.05) is 18.9 Å². The summed E-state index contributed by atoms with van der Waals surface area (Å²) in [5.41, 5.74) is -0.109. The summed E-state index contributed by atoms with van der Waals surface area (Å²) in [7, 11) is 1.45. The van der Waals surface area contributed by atoms with Gasteiger partial charge in [-0.1, -0.05) is 13.3 Å². The molecule has 1 aliphatic rings. The normalized spacial score (nSPS) is 18.7. The Morgan fingerprint density at radius 1 is 1.33 bits per heavy atom. The average Bonchev–Trinajstić information content (AvgIpc) is 2.47. The second kappa shape index (κ2) is 6.87. The number of carbonyl (C=O) groups excluding carboxylic acids is 1. The zero-order chi connectivity index (χ0) is 15.4. The van der Waals surface area contributed by atoms with E-state index in [2.05, 4.69) is 12.2 Å². The number of halogens is 2. The molecule has 1 aromatic rings. The lowest BCUT2D eigenvalue weighted by Crippen LogP contribution is -2.43. The van der Waals surface area contributed by atoms with Crippen LogP contribution in [0.3, 0.4) is 0 Å². The highest BCUT2D eigenvalue weighted by molar-refractivity contribution is 5.95. The molecule has 1 aromatic carbocycles. The van der Waals surface area contributed by atoms with E-state index in [-0.39, 0.29) is 23.2 Å². The van der Waals surface area contributed by atoms with Crippen LogP contribution >= 0.6 is 0 Å².